The van der Waals surface area contributed by atoms with Crippen LogP contribution in [0.4, 0.5) is 10.7 Å². The summed E-state index contributed by atoms with van der Waals surface area (Å²) in [7, 11) is 3.06. The Labute approximate surface area is 323 Å². The number of nitrogens with one attached hydrogen (secondary N) is 3. The zero-order valence-corrected chi connectivity index (χ0v) is 31.8. The van der Waals surface area contributed by atoms with Crippen LogP contribution in [0.25, 0.3) is 6.08 Å². The van der Waals surface area contributed by atoms with Gasteiger partial charge in [0.2, 0.25) is 5.91 Å². The van der Waals surface area contributed by atoms with Crippen molar-refractivity contribution < 1.29 is 23.9 Å². The highest BCUT2D eigenvalue weighted by Gasteiger charge is 2.29. The van der Waals surface area contributed by atoms with Crippen molar-refractivity contribution >= 4 is 57.6 Å². The highest BCUT2D eigenvalue weighted by Crippen LogP contribution is 2.42. The molecule has 0 spiro atoms. The number of amides is 3. The fourth-order valence-corrected chi connectivity index (χ4v) is 8.66. The van der Waals surface area contributed by atoms with E-state index >= 15 is 0 Å². The molecule has 0 fully saturated rings. The Morgan fingerprint density at radius 2 is 1.70 bits per heavy atom. The molecule has 1 aliphatic rings. The van der Waals surface area contributed by atoms with Gasteiger partial charge in [-0.05, 0) is 91.3 Å². The van der Waals surface area contributed by atoms with Gasteiger partial charge < -0.3 is 25.4 Å². The van der Waals surface area contributed by atoms with Crippen molar-refractivity contribution in [2.75, 3.05) is 24.9 Å². The minimum Gasteiger partial charge on any atom is -0.497 e. The Kier molecular flexibility index (Phi) is 12.5. The van der Waals surface area contributed by atoms with Crippen LogP contribution in [0, 0.1) is 11.3 Å². The predicted molar refractivity (Wildman–Crippen MR) is 215 cm³/mol. The monoisotopic (exact) mass is 756 g/mol. The van der Waals surface area contributed by atoms with Gasteiger partial charge >= 0.3 is 0 Å². The molecule has 1 heterocycles. The SMILES string of the molecule is CCC(Sc1cccc(NC(=O)/C(=C\c2ccc(OC)cc2OC)NC(=O)c2ccccc2)c1)C(=O)Nc1sc2c(c1C#N)CCC(c1ccccc1)C2. The van der Waals surface area contributed by atoms with E-state index in [1.54, 1.807) is 79.9 Å². The third-order valence-corrected chi connectivity index (χ3v) is 11.7. The normalized spacial score (nSPS) is 14.2. The van der Waals surface area contributed by atoms with Crippen LogP contribution in [-0.4, -0.2) is 37.2 Å². The van der Waals surface area contributed by atoms with E-state index in [4.69, 9.17) is 9.47 Å². The first kappa shape index (κ1) is 37.9. The van der Waals surface area contributed by atoms with Gasteiger partial charge in [0.05, 0.1) is 25.0 Å². The molecule has 54 heavy (non-hydrogen) atoms. The topological polar surface area (TPSA) is 130 Å². The molecule has 9 nitrogen and oxygen atoms in total. The number of carbonyl (C=O) groups is 3. The molecule has 5 aromatic rings. The predicted octanol–water partition coefficient (Wildman–Crippen LogP) is 8.83. The van der Waals surface area contributed by atoms with Gasteiger partial charge in [0.15, 0.2) is 0 Å². The van der Waals surface area contributed by atoms with E-state index in [1.807, 2.05) is 19.1 Å². The van der Waals surface area contributed by atoms with Crippen LogP contribution in [0.2, 0.25) is 0 Å². The Morgan fingerprint density at radius 1 is 0.944 bits per heavy atom. The summed E-state index contributed by atoms with van der Waals surface area (Å²) in [5, 5.41) is 19.0. The van der Waals surface area contributed by atoms with Crippen LogP contribution >= 0.6 is 23.1 Å². The van der Waals surface area contributed by atoms with Gasteiger partial charge in [-0.25, -0.2) is 0 Å². The summed E-state index contributed by atoms with van der Waals surface area (Å²) in [4.78, 5) is 42.6. The van der Waals surface area contributed by atoms with Crippen molar-refractivity contribution in [3.05, 3.63) is 142 Å². The maximum atomic E-state index is 13.8. The molecule has 0 aliphatic heterocycles. The lowest BCUT2D eigenvalue weighted by Gasteiger charge is -2.22. The number of hydrogen-bond donors (Lipinski definition) is 3. The molecule has 0 saturated heterocycles. The molecule has 3 N–H and O–H groups in total. The number of thiophene rings is 1. The number of carbonyl (C=O) groups excluding carboxylic acids is 3. The van der Waals surface area contributed by atoms with Crippen LogP contribution < -0.4 is 25.4 Å². The first-order valence-corrected chi connectivity index (χ1v) is 19.3. The van der Waals surface area contributed by atoms with Crippen molar-refractivity contribution in [3.8, 4) is 17.6 Å². The Morgan fingerprint density at radius 3 is 2.41 bits per heavy atom. The highest BCUT2D eigenvalue weighted by atomic mass is 32.2. The Hall–Kier alpha value is -5.83. The quantitative estimate of drug-likeness (QED) is 0.0809. The Bertz CT molecular complexity index is 2210. The number of nitriles is 1. The Balaban J connectivity index is 1.17. The second-order valence-corrected chi connectivity index (χ2v) is 15.0. The summed E-state index contributed by atoms with van der Waals surface area (Å²) in [5.41, 5.74) is 4.33. The number of nitrogens with zero attached hydrogens (tertiary/aromatic N) is 1. The maximum Gasteiger partial charge on any atom is 0.272 e. The van der Waals surface area contributed by atoms with E-state index in [9.17, 15) is 19.6 Å². The minimum atomic E-state index is -0.552. The van der Waals surface area contributed by atoms with Gasteiger partial charge in [0.1, 0.15) is 28.3 Å². The molecule has 2 unspecified atom stereocenters. The number of anilines is 2. The van der Waals surface area contributed by atoms with Crippen molar-refractivity contribution in [2.24, 2.45) is 0 Å². The molecule has 0 bridgehead atoms. The molecule has 3 amide bonds. The fraction of sp³-hybridized carbons (Fsp3) is 0.209. The highest BCUT2D eigenvalue weighted by molar-refractivity contribution is 8.00. The minimum absolute atomic E-state index is 0.00165. The average Bonchev–Trinajstić information content (AvgIpc) is 3.56. The lowest BCUT2D eigenvalue weighted by atomic mass is 9.83. The molecule has 274 valence electrons. The van der Waals surface area contributed by atoms with E-state index in [2.05, 4.69) is 46.3 Å². The van der Waals surface area contributed by atoms with Crippen molar-refractivity contribution in [3.63, 3.8) is 0 Å². The van der Waals surface area contributed by atoms with Gasteiger partial charge in [-0.1, -0.05) is 61.5 Å². The first-order valence-electron chi connectivity index (χ1n) is 17.6. The fourth-order valence-electron chi connectivity index (χ4n) is 6.36. The zero-order valence-electron chi connectivity index (χ0n) is 30.2. The second-order valence-electron chi connectivity index (χ2n) is 12.6. The molecular weight excluding hydrogens is 717 g/mol. The van der Waals surface area contributed by atoms with E-state index in [1.165, 1.54) is 35.8 Å². The second kappa shape index (κ2) is 17.8. The summed E-state index contributed by atoms with van der Waals surface area (Å²) in [6.07, 6.45) is 4.69. The molecule has 0 saturated carbocycles. The molecule has 6 rings (SSSR count). The largest absolute Gasteiger partial charge is 0.497 e. The van der Waals surface area contributed by atoms with Crippen LogP contribution in [0.5, 0.6) is 11.5 Å². The molecule has 2 atom stereocenters. The number of rotatable bonds is 13. The van der Waals surface area contributed by atoms with E-state index in [-0.39, 0.29) is 11.6 Å². The van der Waals surface area contributed by atoms with Crippen LogP contribution in [0.3, 0.4) is 0 Å². The molecule has 4 aromatic carbocycles. The molecule has 11 heteroatoms. The third kappa shape index (κ3) is 9.02. The first-order chi connectivity index (χ1) is 26.3. The third-order valence-electron chi connectivity index (χ3n) is 9.19. The standard InChI is InChI=1S/C43H40N4O5S2/c1-4-38(42(50)47-43-35(26-44)34-21-19-29(23-39(34)54-43)27-12-7-5-8-13-27)53-33-17-11-16-31(24-33)45-41(49)36(46-40(48)28-14-9-6-10-15-28)22-30-18-20-32(51-2)25-37(30)52-3/h5-18,20,22,24-25,29,38H,4,19,21,23H2,1-3H3,(H,45,49)(H,46,48)(H,47,50)/b36-22+. The maximum absolute atomic E-state index is 13.8. The lowest BCUT2D eigenvalue weighted by molar-refractivity contribution is -0.116. The van der Waals surface area contributed by atoms with Crippen molar-refractivity contribution in [1.82, 2.24) is 5.32 Å². The molecular formula is C43H40N4O5S2. The smallest absolute Gasteiger partial charge is 0.272 e. The van der Waals surface area contributed by atoms with Crippen molar-refractivity contribution in [2.45, 2.75) is 48.7 Å². The van der Waals surface area contributed by atoms with Crippen LogP contribution in [0.1, 0.15) is 63.2 Å². The van der Waals surface area contributed by atoms with Crippen molar-refractivity contribution in [1.29, 1.82) is 5.26 Å². The number of ether oxygens (including phenoxy) is 2. The molecule has 0 radical (unpaired) electrons. The van der Waals surface area contributed by atoms with Gasteiger partial charge in [0, 0.05) is 32.7 Å². The summed E-state index contributed by atoms with van der Waals surface area (Å²) in [6.45, 7) is 1.94. The van der Waals surface area contributed by atoms with E-state index < -0.39 is 17.1 Å². The number of fused-ring (bicyclic) bond motifs is 1. The molecule has 1 aromatic heterocycles. The van der Waals surface area contributed by atoms with Gasteiger partial charge in [0.25, 0.3) is 11.8 Å². The summed E-state index contributed by atoms with van der Waals surface area (Å²) in [6, 6.07) is 33.8. The average molecular weight is 757 g/mol. The summed E-state index contributed by atoms with van der Waals surface area (Å²) in [5.74, 6) is 0.229. The van der Waals surface area contributed by atoms with Crippen LogP contribution in [0.15, 0.2) is 114 Å². The van der Waals surface area contributed by atoms with Gasteiger partial charge in [-0.2, -0.15) is 5.26 Å². The van der Waals surface area contributed by atoms with Gasteiger partial charge in [-0.15, -0.1) is 23.1 Å². The molecule has 1 aliphatic carbocycles. The number of hydrogen-bond acceptors (Lipinski definition) is 8. The zero-order chi connectivity index (χ0) is 38.0. The van der Waals surface area contributed by atoms with E-state index in [0.29, 0.717) is 51.2 Å². The number of thioether (sulfide) groups is 1. The summed E-state index contributed by atoms with van der Waals surface area (Å²) < 4.78 is 10.8. The number of methoxy groups -OCH3 is 2. The van der Waals surface area contributed by atoms with E-state index in [0.717, 1.165) is 34.6 Å². The van der Waals surface area contributed by atoms with Crippen LogP contribution in [-0.2, 0) is 22.4 Å². The summed E-state index contributed by atoms with van der Waals surface area (Å²) >= 11 is 2.88. The lowest BCUT2D eigenvalue weighted by Crippen LogP contribution is -2.30. The van der Waals surface area contributed by atoms with Gasteiger partial charge in [-0.3, -0.25) is 14.4 Å². The number of benzene rings is 4.